The van der Waals surface area contributed by atoms with Crippen molar-refractivity contribution in [3.63, 3.8) is 0 Å². The molecule has 9 heteroatoms. The molecule has 0 radical (unpaired) electrons. The van der Waals surface area contributed by atoms with Crippen LogP contribution in [0.1, 0.15) is 5.56 Å². The molecule has 0 heterocycles. The summed E-state index contributed by atoms with van der Waals surface area (Å²) in [5.41, 5.74) is 0.264. The lowest BCUT2D eigenvalue weighted by molar-refractivity contribution is -0.384. The van der Waals surface area contributed by atoms with Crippen molar-refractivity contribution in [2.75, 3.05) is 24.7 Å². The van der Waals surface area contributed by atoms with Crippen LogP contribution < -0.4 is 10.0 Å². The Morgan fingerprint density at radius 1 is 1.47 bits per heavy atom. The second-order valence-electron chi connectivity index (χ2n) is 3.55. The summed E-state index contributed by atoms with van der Waals surface area (Å²) in [6, 6.07) is 5.58. The van der Waals surface area contributed by atoms with Crippen LogP contribution in [0.3, 0.4) is 0 Å². The number of hydrogen-bond acceptors (Lipinski definition) is 6. The first-order valence-corrected chi connectivity index (χ1v) is 6.88. The third-order valence-electron chi connectivity index (χ3n) is 2.33. The summed E-state index contributed by atoms with van der Waals surface area (Å²) >= 11 is 0. The third kappa shape index (κ3) is 4.20. The van der Waals surface area contributed by atoms with Crippen molar-refractivity contribution in [1.82, 2.24) is 4.72 Å². The third-order valence-corrected chi connectivity index (χ3v) is 3.70. The molecule has 0 aromatic heterocycles. The van der Waals surface area contributed by atoms with E-state index in [1.807, 2.05) is 6.07 Å². The van der Waals surface area contributed by atoms with Gasteiger partial charge in [0, 0.05) is 18.7 Å². The number of sulfonamides is 1. The number of non-ortho nitro benzene ring substituents is 1. The van der Waals surface area contributed by atoms with Crippen LogP contribution in [-0.2, 0) is 10.0 Å². The Morgan fingerprint density at radius 2 is 2.16 bits per heavy atom. The fourth-order valence-corrected chi connectivity index (χ4v) is 1.89. The Morgan fingerprint density at radius 3 is 2.68 bits per heavy atom. The van der Waals surface area contributed by atoms with Crippen LogP contribution in [0.25, 0.3) is 0 Å². The lowest BCUT2D eigenvalue weighted by atomic mass is 10.1. The summed E-state index contributed by atoms with van der Waals surface area (Å²) in [6.45, 7) is 0.0929. The summed E-state index contributed by atoms with van der Waals surface area (Å²) in [7, 11) is -2.03. The number of anilines is 1. The average Bonchev–Trinajstić information content (AvgIpc) is 2.38. The van der Waals surface area contributed by atoms with Gasteiger partial charge in [-0.1, -0.05) is 0 Å². The predicted octanol–water partition coefficient (Wildman–Crippen LogP) is 0.428. The molecule has 1 aromatic rings. The van der Waals surface area contributed by atoms with Crippen LogP contribution in [0, 0.1) is 21.4 Å². The molecule has 0 aliphatic rings. The van der Waals surface area contributed by atoms with Gasteiger partial charge in [0.05, 0.1) is 21.9 Å². The van der Waals surface area contributed by atoms with Crippen LogP contribution in [0.2, 0.25) is 0 Å². The Balaban J connectivity index is 2.80. The van der Waals surface area contributed by atoms with E-state index in [1.165, 1.54) is 19.2 Å². The van der Waals surface area contributed by atoms with Gasteiger partial charge in [-0.2, -0.15) is 5.26 Å². The fraction of sp³-hybridized carbons (Fsp3) is 0.300. The molecule has 0 atom stereocenters. The van der Waals surface area contributed by atoms with Crippen molar-refractivity contribution in [3.8, 4) is 6.07 Å². The number of nitro groups is 1. The molecule has 0 aliphatic carbocycles. The molecule has 8 nitrogen and oxygen atoms in total. The van der Waals surface area contributed by atoms with E-state index in [1.54, 1.807) is 0 Å². The van der Waals surface area contributed by atoms with Crippen molar-refractivity contribution >= 4 is 21.4 Å². The van der Waals surface area contributed by atoms with E-state index in [0.29, 0.717) is 5.69 Å². The maximum Gasteiger partial charge on any atom is 0.270 e. The number of benzene rings is 1. The van der Waals surface area contributed by atoms with Gasteiger partial charge in [0.15, 0.2) is 0 Å². The molecule has 1 aromatic carbocycles. The van der Waals surface area contributed by atoms with Crippen LogP contribution in [-0.4, -0.2) is 32.7 Å². The number of nitro benzene ring substituents is 1. The quantitative estimate of drug-likeness (QED) is 0.576. The van der Waals surface area contributed by atoms with Crippen LogP contribution in [0.4, 0.5) is 11.4 Å². The summed E-state index contributed by atoms with van der Waals surface area (Å²) in [5, 5.41) is 22.2. The minimum atomic E-state index is -3.33. The van der Waals surface area contributed by atoms with E-state index in [-0.39, 0.29) is 23.5 Å². The van der Waals surface area contributed by atoms with Gasteiger partial charge in [-0.3, -0.25) is 10.1 Å². The van der Waals surface area contributed by atoms with Gasteiger partial charge in [0.1, 0.15) is 6.07 Å². The fourth-order valence-electron chi connectivity index (χ4n) is 1.31. The van der Waals surface area contributed by atoms with Crippen molar-refractivity contribution in [2.45, 2.75) is 0 Å². The lowest BCUT2D eigenvalue weighted by Gasteiger charge is -2.08. The predicted molar refractivity (Wildman–Crippen MR) is 69.1 cm³/mol. The van der Waals surface area contributed by atoms with Gasteiger partial charge >= 0.3 is 0 Å². The Bertz CT molecular complexity index is 621. The zero-order chi connectivity index (χ0) is 14.5. The molecular weight excluding hydrogens is 272 g/mol. The van der Waals surface area contributed by atoms with Gasteiger partial charge in [-0.05, 0) is 13.1 Å². The van der Waals surface area contributed by atoms with Crippen LogP contribution >= 0.6 is 0 Å². The zero-order valence-corrected chi connectivity index (χ0v) is 10.9. The van der Waals surface area contributed by atoms with E-state index in [0.717, 1.165) is 6.07 Å². The molecule has 0 unspecified atom stereocenters. The SMILES string of the molecule is CNS(=O)(=O)CCNc1ccc([N+](=O)[O-])cc1C#N. The van der Waals surface area contributed by atoms with Crippen LogP contribution in [0.5, 0.6) is 0 Å². The first-order chi connectivity index (χ1) is 8.89. The summed E-state index contributed by atoms with van der Waals surface area (Å²) in [6.07, 6.45) is 0. The summed E-state index contributed by atoms with van der Waals surface area (Å²) in [4.78, 5) is 9.95. The standard InChI is InChI=1S/C10H12N4O4S/c1-12-19(17,18)5-4-13-10-3-2-9(14(15)16)6-8(10)7-11/h2-3,6,12-13H,4-5H2,1H3. The number of hydrogen-bond donors (Lipinski definition) is 2. The zero-order valence-electron chi connectivity index (χ0n) is 10.1. The Hall–Kier alpha value is -2.18. The van der Waals surface area contributed by atoms with Gasteiger partial charge in [0.25, 0.3) is 5.69 Å². The largest absolute Gasteiger partial charge is 0.383 e. The molecular formula is C10H12N4O4S. The van der Waals surface area contributed by atoms with Crippen molar-refractivity contribution in [3.05, 3.63) is 33.9 Å². The van der Waals surface area contributed by atoms with E-state index in [4.69, 9.17) is 5.26 Å². The molecule has 0 amide bonds. The molecule has 19 heavy (non-hydrogen) atoms. The highest BCUT2D eigenvalue weighted by atomic mass is 32.2. The van der Waals surface area contributed by atoms with E-state index in [2.05, 4.69) is 10.0 Å². The highest BCUT2D eigenvalue weighted by Gasteiger charge is 2.11. The monoisotopic (exact) mass is 284 g/mol. The first kappa shape index (κ1) is 14.9. The Kier molecular flexibility index (Phi) is 4.80. The topological polar surface area (TPSA) is 125 Å². The van der Waals surface area contributed by atoms with Gasteiger partial charge in [-0.15, -0.1) is 0 Å². The molecule has 0 spiro atoms. The van der Waals surface area contributed by atoms with Crippen LogP contribution in [0.15, 0.2) is 18.2 Å². The maximum absolute atomic E-state index is 11.2. The minimum absolute atomic E-state index is 0.0929. The normalized spacial score (nSPS) is 10.7. The molecule has 0 saturated heterocycles. The van der Waals surface area contributed by atoms with Crippen molar-refractivity contribution < 1.29 is 13.3 Å². The van der Waals surface area contributed by atoms with E-state index < -0.39 is 14.9 Å². The molecule has 1 rings (SSSR count). The maximum atomic E-state index is 11.2. The molecule has 0 bridgehead atoms. The number of nitrogens with one attached hydrogen (secondary N) is 2. The molecule has 0 fully saturated rings. The Labute approximate surface area is 110 Å². The molecule has 0 aliphatic heterocycles. The number of nitriles is 1. The summed E-state index contributed by atoms with van der Waals surface area (Å²) in [5.74, 6) is -0.161. The number of rotatable bonds is 6. The van der Waals surface area contributed by atoms with Crippen molar-refractivity contribution in [2.24, 2.45) is 0 Å². The van der Waals surface area contributed by atoms with E-state index in [9.17, 15) is 18.5 Å². The second-order valence-corrected chi connectivity index (χ2v) is 5.59. The first-order valence-electron chi connectivity index (χ1n) is 5.23. The smallest absolute Gasteiger partial charge is 0.270 e. The molecule has 2 N–H and O–H groups in total. The molecule has 0 saturated carbocycles. The second kappa shape index (κ2) is 6.12. The highest BCUT2D eigenvalue weighted by molar-refractivity contribution is 7.89. The molecule has 102 valence electrons. The van der Waals surface area contributed by atoms with Crippen molar-refractivity contribution in [1.29, 1.82) is 5.26 Å². The van der Waals surface area contributed by atoms with Gasteiger partial charge < -0.3 is 5.32 Å². The summed E-state index contributed by atoms with van der Waals surface area (Å²) < 4.78 is 24.5. The lowest BCUT2D eigenvalue weighted by Crippen LogP contribution is -2.26. The van der Waals surface area contributed by atoms with Gasteiger partial charge in [0.2, 0.25) is 10.0 Å². The van der Waals surface area contributed by atoms with Gasteiger partial charge in [-0.25, -0.2) is 13.1 Å². The number of nitrogens with zero attached hydrogens (tertiary/aromatic N) is 2. The minimum Gasteiger partial charge on any atom is -0.383 e. The highest BCUT2D eigenvalue weighted by Crippen LogP contribution is 2.21. The average molecular weight is 284 g/mol. The van der Waals surface area contributed by atoms with E-state index >= 15 is 0 Å².